The first kappa shape index (κ1) is 22.8. The summed E-state index contributed by atoms with van der Waals surface area (Å²) < 4.78 is 5.34. The van der Waals surface area contributed by atoms with Crippen molar-refractivity contribution in [2.24, 2.45) is 0 Å². The molecule has 0 fully saturated rings. The Morgan fingerprint density at radius 1 is 1.10 bits per heavy atom. The summed E-state index contributed by atoms with van der Waals surface area (Å²) in [7, 11) is 0. The molecular weight excluding hydrogens is 440 g/mol. The summed E-state index contributed by atoms with van der Waals surface area (Å²) in [5.74, 6) is -1.92. The maximum Gasteiger partial charge on any atom is 0.330 e. The van der Waals surface area contributed by atoms with Crippen molar-refractivity contribution in [3.8, 4) is 0 Å². The number of amides is 3. The van der Waals surface area contributed by atoms with Crippen molar-refractivity contribution in [1.82, 2.24) is 4.90 Å². The number of anilines is 1. The fraction of sp³-hybridized carbons (Fsp3) is 0.273. The van der Waals surface area contributed by atoms with Crippen molar-refractivity contribution in [1.29, 1.82) is 0 Å². The molecule has 9 heteroatoms. The van der Waals surface area contributed by atoms with Gasteiger partial charge in [0.25, 0.3) is 17.7 Å². The standard InChI is InChI=1S/C22H21ClN2O5S/c1-13(19(26)24-15-7-5-6-14(23)12-15)30-22(29)18(10-11-31-2)25-20(27)16-8-3-4-9-17(16)21(25)28/h3-9,12-13,18H,10-11H2,1-2H3,(H,24,26)/t13-,18-/m0/s1. The van der Waals surface area contributed by atoms with Crippen LogP contribution in [0.25, 0.3) is 0 Å². The molecule has 0 saturated heterocycles. The number of halogens is 1. The summed E-state index contributed by atoms with van der Waals surface area (Å²) in [4.78, 5) is 51.9. The van der Waals surface area contributed by atoms with Gasteiger partial charge in [0.2, 0.25) is 0 Å². The van der Waals surface area contributed by atoms with Gasteiger partial charge < -0.3 is 10.1 Å². The van der Waals surface area contributed by atoms with Crippen LogP contribution in [0.1, 0.15) is 34.1 Å². The van der Waals surface area contributed by atoms with Crippen molar-refractivity contribution in [2.45, 2.75) is 25.5 Å². The van der Waals surface area contributed by atoms with Gasteiger partial charge in [-0.15, -0.1) is 0 Å². The van der Waals surface area contributed by atoms with E-state index >= 15 is 0 Å². The van der Waals surface area contributed by atoms with Crippen LogP contribution in [0.5, 0.6) is 0 Å². The fourth-order valence-corrected chi connectivity index (χ4v) is 3.84. The highest BCUT2D eigenvalue weighted by Gasteiger charge is 2.43. The molecule has 31 heavy (non-hydrogen) atoms. The van der Waals surface area contributed by atoms with Crippen LogP contribution in [0.3, 0.4) is 0 Å². The Morgan fingerprint density at radius 2 is 1.74 bits per heavy atom. The second kappa shape index (κ2) is 9.98. The zero-order chi connectivity index (χ0) is 22.5. The lowest BCUT2D eigenvalue weighted by atomic mass is 10.1. The molecular formula is C22H21ClN2O5S. The first-order valence-corrected chi connectivity index (χ1v) is 11.3. The monoisotopic (exact) mass is 460 g/mol. The molecule has 0 spiro atoms. The Labute approximate surface area is 189 Å². The van der Waals surface area contributed by atoms with Gasteiger partial charge in [0, 0.05) is 10.7 Å². The quantitative estimate of drug-likeness (QED) is 0.477. The summed E-state index contributed by atoms with van der Waals surface area (Å²) in [6, 6.07) is 11.8. The van der Waals surface area contributed by atoms with Crippen LogP contribution in [0, 0.1) is 0 Å². The summed E-state index contributed by atoms with van der Waals surface area (Å²) >= 11 is 7.38. The van der Waals surface area contributed by atoms with Crippen LogP contribution in [0.4, 0.5) is 5.69 Å². The van der Waals surface area contributed by atoms with Gasteiger partial charge in [-0.1, -0.05) is 29.8 Å². The van der Waals surface area contributed by atoms with Gasteiger partial charge in [0.15, 0.2) is 6.10 Å². The molecule has 0 bridgehead atoms. The number of rotatable bonds is 8. The van der Waals surface area contributed by atoms with E-state index < -0.39 is 35.8 Å². The Morgan fingerprint density at radius 3 is 2.32 bits per heavy atom. The van der Waals surface area contributed by atoms with E-state index in [2.05, 4.69) is 5.32 Å². The summed E-state index contributed by atoms with van der Waals surface area (Å²) in [6.45, 7) is 1.42. The molecule has 1 N–H and O–H groups in total. The minimum Gasteiger partial charge on any atom is -0.451 e. The number of nitrogens with one attached hydrogen (secondary N) is 1. The third kappa shape index (κ3) is 5.08. The lowest BCUT2D eigenvalue weighted by Gasteiger charge is -2.25. The van der Waals surface area contributed by atoms with E-state index in [0.717, 1.165) is 4.90 Å². The maximum atomic E-state index is 12.9. The molecule has 0 aromatic heterocycles. The number of hydrogen-bond acceptors (Lipinski definition) is 6. The fourth-order valence-electron chi connectivity index (χ4n) is 3.19. The van der Waals surface area contributed by atoms with Gasteiger partial charge in [-0.25, -0.2) is 4.79 Å². The molecule has 1 heterocycles. The SMILES string of the molecule is CSCC[C@@H](C(=O)O[C@@H](C)C(=O)Nc1cccc(Cl)c1)N1C(=O)c2ccccc2C1=O. The first-order valence-electron chi connectivity index (χ1n) is 9.56. The van der Waals surface area contributed by atoms with Crippen molar-refractivity contribution < 1.29 is 23.9 Å². The molecule has 2 atom stereocenters. The highest BCUT2D eigenvalue weighted by Crippen LogP contribution is 2.27. The number of fused-ring (bicyclic) bond motifs is 1. The molecule has 2 aromatic carbocycles. The van der Waals surface area contributed by atoms with E-state index in [1.807, 2.05) is 6.26 Å². The minimum atomic E-state index is -1.14. The van der Waals surface area contributed by atoms with E-state index in [1.165, 1.54) is 18.7 Å². The molecule has 3 rings (SSSR count). The molecule has 0 aliphatic carbocycles. The summed E-state index contributed by atoms with van der Waals surface area (Å²) in [5.41, 5.74) is 0.960. The predicted molar refractivity (Wildman–Crippen MR) is 119 cm³/mol. The van der Waals surface area contributed by atoms with Crippen LogP contribution in [0.2, 0.25) is 5.02 Å². The number of benzene rings is 2. The third-order valence-corrected chi connectivity index (χ3v) is 5.64. The highest BCUT2D eigenvalue weighted by atomic mass is 35.5. The molecule has 0 saturated carbocycles. The van der Waals surface area contributed by atoms with E-state index in [1.54, 1.807) is 48.5 Å². The number of nitrogens with zero attached hydrogens (tertiary/aromatic N) is 1. The Balaban J connectivity index is 1.73. The van der Waals surface area contributed by atoms with Crippen LogP contribution in [-0.2, 0) is 14.3 Å². The Kier molecular flexibility index (Phi) is 7.35. The molecule has 1 aliphatic heterocycles. The molecule has 1 aliphatic rings. The van der Waals surface area contributed by atoms with Gasteiger partial charge in [-0.3, -0.25) is 19.3 Å². The highest BCUT2D eigenvalue weighted by molar-refractivity contribution is 7.98. The normalized spacial score (nSPS) is 14.7. The zero-order valence-electron chi connectivity index (χ0n) is 17.0. The van der Waals surface area contributed by atoms with Crippen LogP contribution < -0.4 is 5.32 Å². The number of carbonyl (C=O) groups excluding carboxylic acids is 4. The molecule has 7 nitrogen and oxygen atoms in total. The smallest absolute Gasteiger partial charge is 0.330 e. The Bertz CT molecular complexity index is 993. The van der Waals surface area contributed by atoms with Crippen molar-refractivity contribution in [2.75, 3.05) is 17.3 Å². The molecule has 3 amide bonds. The summed E-state index contributed by atoms with van der Waals surface area (Å²) in [6.07, 6.45) is 0.929. The number of carbonyl (C=O) groups is 4. The molecule has 162 valence electrons. The topological polar surface area (TPSA) is 92.8 Å². The molecule has 0 radical (unpaired) electrons. The van der Waals surface area contributed by atoms with Gasteiger partial charge >= 0.3 is 5.97 Å². The third-order valence-electron chi connectivity index (χ3n) is 4.76. The molecule has 0 unspecified atom stereocenters. The van der Waals surface area contributed by atoms with Crippen molar-refractivity contribution in [3.63, 3.8) is 0 Å². The van der Waals surface area contributed by atoms with Gasteiger partial charge in [-0.05, 0) is 55.7 Å². The lowest BCUT2D eigenvalue weighted by molar-refractivity contribution is -0.157. The van der Waals surface area contributed by atoms with Gasteiger partial charge in [0.05, 0.1) is 11.1 Å². The largest absolute Gasteiger partial charge is 0.451 e. The Hall–Kier alpha value is -2.84. The number of esters is 1. The number of imide groups is 1. The van der Waals surface area contributed by atoms with E-state index in [4.69, 9.17) is 16.3 Å². The van der Waals surface area contributed by atoms with E-state index in [-0.39, 0.29) is 17.5 Å². The predicted octanol–water partition coefficient (Wildman–Crippen LogP) is 3.63. The first-order chi connectivity index (χ1) is 14.8. The average molecular weight is 461 g/mol. The van der Waals surface area contributed by atoms with Crippen LogP contribution in [-0.4, -0.2) is 52.7 Å². The van der Waals surface area contributed by atoms with Gasteiger partial charge in [0.1, 0.15) is 6.04 Å². The second-order valence-electron chi connectivity index (χ2n) is 6.90. The van der Waals surface area contributed by atoms with Gasteiger partial charge in [-0.2, -0.15) is 11.8 Å². The van der Waals surface area contributed by atoms with E-state index in [0.29, 0.717) is 16.5 Å². The maximum absolute atomic E-state index is 12.9. The number of ether oxygens (including phenoxy) is 1. The zero-order valence-corrected chi connectivity index (χ0v) is 18.5. The summed E-state index contributed by atoms with van der Waals surface area (Å²) in [5, 5.41) is 3.07. The van der Waals surface area contributed by atoms with E-state index in [9.17, 15) is 19.2 Å². The number of hydrogen-bond donors (Lipinski definition) is 1. The van der Waals surface area contributed by atoms with Crippen LogP contribution >= 0.6 is 23.4 Å². The minimum absolute atomic E-state index is 0.216. The molecule has 2 aromatic rings. The average Bonchev–Trinajstić information content (AvgIpc) is 2.99. The van der Waals surface area contributed by atoms with Crippen LogP contribution in [0.15, 0.2) is 48.5 Å². The van der Waals surface area contributed by atoms with Crippen molar-refractivity contribution >= 4 is 52.7 Å². The lowest BCUT2D eigenvalue weighted by Crippen LogP contribution is -2.47. The second-order valence-corrected chi connectivity index (χ2v) is 8.32. The van der Waals surface area contributed by atoms with Crippen molar-refractivity contribution in [3.05, 3.63) is 64.7 Å². The number of thioether (sulfide) groups is 1.